The summed E-state index contributed by atoms with van der Waals surface area (Å²) in [6.45, 7) is 4.69. The third-order valence-corrected chi connectivity index (χ3v) is 1.96. The maximum atomic E-state index is 5.37. The second-order valence-electron chi connectivity index (χ2n) is 4.30. The third kappa shape index (κ3) is 3.93. The van der Waals surface area contributed by atoms with Crippen molar-refractivity contribution in [3.63, 3.8) is 0 Å². The van der Waals surface area contributed by atoms with E-state index in [1.54, 1.807) is 7.11 Å². The summed E-state index contributed by atoms with van der Waals surface area (Å²) < 4.78 is 5.09. The van der Waals surface area contributed by atoms with E-state index in [0.29, 0.717) is 18.6 Å². The van der Waals surface area contributed by atoms with E-state index in [4.69, 9.17) is 10.6 Å². The highest BCUT2D eigenvalue weighted by Crippen LogP contribution is 2.23. The van der Waals surface area contributed by atoms with Gasteiger partial charge in [-0.15, -0.1) is 0 Å². The molecule has 0 saturated heterocycles. The van der Waals surface area contributed by atoms with Crippen LogP contribution in [0.5, 0.6) is 0 Å². The first-order valence-electron chi connectivity index (χ1n) is 4.89. The molecule has 1 fully saturated rings. The van der Waals surface area contributed by atoms with Gasteiger partial charge in [-0.25, -0.2) is 10.8 Å². The van der Waals surface area contributed by atoms with E-state index < -0.39 is 0 Å². The SMILES string of the molecule is COCC(C)(C)NC(=NC1CC1)NN. The molecule has 1 rings (SSSR count). The minimum Gasteiger partial charge on any atom is -0.382 e. The van der Waals surface area contributed by atoms with Gasteiger partial charge in [0.25, 0.3) is 0 Å². The van der Waals surface area contributed by atoms with Gasteiger partial charge in [-0.3, -0.25) is 5.43 Å². The molecule has 0 aromatic carbocycles. The third-order valence-electron chi connectivity index (χ3n) is 1.96. The van der Waals surface area contributed by atoms with Gasteiger partial charge in [-0.05, 0) is 26.7 Å². The minimum absolute atomic E-state index is 0.158. The fourth-order valence-corrected chi connectivity index (χ4v) is 1.21. The number of ether oxygens (including phenoxy) is 1. The van der Waals surface area contributed by atoms with E-state index in [9.17, 15) is 0 Å². The molecule has 1 aliphatic carbocycles. The minimum atomic E-state index is -0.158. The quantitative estimate of drug-likeness (QED) is 0.258. The zero-order chi connectivity index (χ0) is 10.6. The van der Waals surface area contributed by atoms with Crippen molar-refractivity contribution >= 4 is 5.96 Å². The van der Waals surface area contributed by atoms with Gasteiger partial charge in [0.1, 0.15) is 0 Å². The molecule has 0 radical (unpaired) electrons. The van der Waals surface area contributed by atoms with Gasteiger partial charge in [0.2, 0.25) is 5.96 Å². The number of nitrogens with one attached hydrogen (secondary N) is 2. The maximum Gasteiger partial charge on any atom is 0.206 e. The standard InChI is InChI=1S/C9H20N4O/c1-9(2,6-14-3)12-8(13-10)11-7-4-5-7/h7H,4-6,10H2,1-3H3,(H2,11,12,13). The molecular weight excluding hydrogens is 180 g/mol. The van der Waals surface area contributed by atoms with Crippen LogP contribution in [-0.4, -0.2) is 31.3 Å². The number of hydrogen-bond acceptors (Lipinski definition) is 3. The summed E-state index contributed by atoms with van der Waals surface area (Å²) in [4.78, 5) is 4.39. The maximum absolute atomic E-state index is 5.37. The van der Waals surface area contributed by atoms with Crippen molar-refractivity contribution in [1.82, 2.24) is 10.7 Å². The Balaban J connectivity index is 2.45. The summed E-state index contributed by atoms with van der Waals surface area (Å²) in [5, 5.41) is 3.20. The zero-order valence-corrected chi connectivity index (χ0v) is 9.13. The molecule has 0 bridgehead atoms. The lowest BCUT2D eigenvalue weighted by Gasteiger charge is -2.26. The van der Waals surface area contributed by atoms with Gasteiger partial charge in [0.05, 0.1) is 18.2 Å². The van der Waals surface area contributed by atoms with E-state index >= 15 is 0 Å². The van der Waals surface area contributed by atoms with Crippen LogP contribution in [0.2, 0.25) is 0 Å². The Hall–Kier alpha value is -0.810. The molecular formula is C9H20N4O. The van der Waals surface area contributed by atoms with Gasteiger partial charge < -0.3 is 10.1 Å². The highest BCUT2D eigenvalue weighted by molar-refractivity contribution is 5.80. The van der Waals surface area contributed by atoms with E-state index in [-0.39, 0.29) is 5.54 Å². The second-order valence-corrected chi connectivity index (χ2v) is 4.30. The monoisotopic (exact) mass is 200 g/mol. The Morgan fingerprint density at radius 3 is 2.64 bits per heavy atom. The Morgan fingerprint density at radius 2 is 2.21 bits per heavy atom. The molecule has 14 heavy (non-hydrogen) atoms. The predicted molar refractivity (Wildman–Crippen MR) is 56.9 cm³/mol. The van der Waals surface area contributed by atoms with Crippen LogP contribution in [0.4, 0.5) is 0 Å². The predicted octanol–water partition coefficient (Wildman–Crippen LogP) is -0.0173. The van der Waals surface area contributed by atoms with Crippen molar-refractivity contribution in [1.29, 1.82) is 0 Å². The number of hydrogen-bond donors (Lipinski definition) is 3. The van der Waals surface area contributed by atoms with Crippen LogP contribution < -0.4 is 16.6 Å². The fourth-order valence-electron chi connectivity index (χ4n) is 1.21. The molecule has 0 unspecified atom stereocenters. The summed E-state index contributed by atoms with van der Waals surface area (Å²) in [7, 11) is 1.68. The van der Waals surface area contributed by atoms with Crippen LogP contribution in [0.3, 0.4) is 0 Å². The molecule has 5 heteroatoms. The molecule has 82 valence electrons. The number of methoxy groups -OCH3 is 1. The summed E-state index contributed by atoms with van der Waals surface area (Å²) in [5.74, 6) is 6.02. The Kier molecular flexibility index (Phi) is 3.71. The Morgan fingerprint density at radius 1 is 1.57 bits per heavy atom. The van der Waals surface area contributed by atoms with Crippen molar-refractivity contribution in [3.8, 4) is 0 Å². The molecule has 1 aliphatic rings. The zero-order valence-electron chi connectivity index (χ0n) is 9.13. The lowest BCUT2D eigenvalue weighted by molar-refractivity contribution is 0.139. The highest BCUT2D eigenvalue weighted by atomic mass is 16.5. The topological polar surface area (TPSA) is 71.7 Å². The smallest absolute Gasteiger partial charge is 0.206 e. The lowest BCUT2D eigenvalue weighted by atomic mass is 10.1. The lowest BCUT2D eigenvalue weighted by Crippen LogP contribution is -2.53. The molecule has 0 aliphatic heterocycles. The number of rotatable bonds is 4. The van der Waals surface area contributed by atoms with Crippen LogP contribution in [0.25, 0.3) is 0 Å². The molecule has 0 spiro atoms. The van der Waals surface area contributed by atoms with Crippen molar-refractivity contribution in [2.75, 3.05) is 13.7 Å². The van der Waals surface area contributed by atoms with Crippen molar-refractivity contribution in [2.45, 2.75) is 38.3 Å². The molecule has 1 saturated carbocycles. The first kappa shape index (κ1) is 11.3. The van der Waals surface area contributed by atoms with Gasteiger partial charge in [0, 0.05) is 7.11 Å². The molecule has 0 aromatic rings. The van der Waals surface area contributed by atoms with Crippen molar-refractivity contribution in [2.24, 2.45) is 10.8 Å². The summed E-state index contributed by atoms with van der Waals surface area (Å²) >= 11 is 0. The highest BCUT2D eigenvalue weighted by Gasteiger charge is 2.23. The molecule has 5 nitrogen and oxygen atoms in total. The van der Waals surface area contributed by atoms with Crippen LogP contribution in [0, 0.1) is 0 Å². The number of nitrogens with two attached hydrogens (primary N) is 1. The first-order valence-corrected chi connectivity index (χ1v) is 4.89. The normalized spacial score (nSPS) is 18.1. The van der Waals surface area contributed by atoms with Gasteiger partial charge in [-0.1, -0.05) is 0 Å². The number of aliphatic imine (C=N–C) groups is 1. The van der Waals surface area contributed by atoms with E-state index in [0.717, 1.165) is 12.8 Å². The molecule has 4 N–H and O–H groups in total. The summed E-state index contributed by atoms with van der Waals surface area (Å²) in [6, 6.07) is 0.451. The van der Waals surface area contributed by atoms with E-state index in [1.807, 2.05) is 13.8 Å². The van der Waals surface area contributed by atoms with Crippen molar-refractivity contribution < 1.29 is 4.74 Å². The number of hydrazine groups is 1. The molecule has 0 aromatic heterocycles. The van der Waals surface area contributed by atoms with Crippen LogP contribution in [0.15, 0.2) is 4.99 Å². The Labute approximate surface area is 85.1 Å². The number of nitrogens with zero attached hydrogens (tertiary/aromatic N) is 1. The fraction of sp³-hybridized carbons (Fsp3) is 0.889. The summed E-state index contributed by atoms with van der Waals surface area (Å²) in [5.41, 5.74) is 2.41. The van der Waals surface area contributed by atoms with Crippen molar-refractivity contribution in [3.05, 3.63) is 0 Å². The van der Waals surface area contributed by atoms with E-state index in [2.05, 4.69) is 15.7 Å². The Bertz CT molecular complexity index is 211. The summed E-state index contributed by atoms with van der Waals surface area (Å²) in [6.07, 6.45) is 2.33. The number of guanidine groups is 1. The second kappa shape index (κ2) is 4.61. The van der Waals surface area contributed by atoms with Crippen LogP contribution in [0.1, 0.15) is 26.7 Å². The molecule has 0 atom stereocenters. The molecule has 0 amide bonds. The average molecular weight is 200 g/mol. The van der Waals surface area contributed by atoms with Crippen LogP contribution in [-0.2, 0) is 4.74 Å². The van der Waals surface area contributed by atoms with Gasteiger partial charge in [-0.2, -0.15) is 0 Å². The largest absolute Gasteiger partial charge is 0.382 e. The van der Waals surface area contributed by atoms with Crippen LogP contribution >= 0.6 is 0 Å². The first-order chi connectivity index (χ1) is 6.57. The van der Waals surface area contributed by atoms with Gasteiger partial charge in [0.15, 0.2) is 0 Å². The molecule has 0 heterocycles. The van der Waals surface area contributed by atoms with E-state index in [1.165, 1.54) is 0 Å². The average Bonchev–Trinajstić information content (AvgIpc) is 2.86. The van der Waals surface area contributed by atoms with Gasteiger partial charge >= 0.3 is 0 Å².